The number of benzene rings is 2. The van der Waals surface area contributed by atoms with Crippen LogP contribution in [-0.2, 0) is 11.3 Å². The van der Waals surface area contributed by atoms with Crippen LogP contribution in [-0.4, -0.2) is 25.6 Å². The summed E-state index contributed by atoms with van der Waals surface area (Å²) in [5, 5.41) is 0. The molecular formula is C34H47N3O. The fraction of sp³-hybridized carbons (Fsp3) is 0.412. The van der Waals surface area contributed by atoms with Crippen LogP contribution in [0.4, 0.5) is 11.4 Å². The first-order valence-electron chi connectivity index (χ1n) is 13.9. The van der Waals surface area contributed by atoms with Gasteiger partial charge in [-0.3, -0.25) is 9.79 Å². The van der Waals surface area contributed by atoms with E-state index in [1.165, 1.54) is 11.1 Å². The highest BCUT2D eigenvalue weighted by atomic mass is 16.1. The number of allylic oxidation sites excluding steroid dienone is 2. The largest absolute Gasteiger partial charge is 0.374 e. The maximum absolute atomic E-state index is 12.3. The van der Waals surface area contributed by atoms with Gasteiger partial charge in [0, 0.05) is 55.5 Å². The van der Waals surface area contributed by atoms with Gasteiger partial charge in [0.25, 0.3) is 0 Å². The van der Waals surface area contributed by atoms with Crippen LogP contribution >= 0.6 is 0 Å². The van der Waals surface area contributed by atoms with E-state index in [4.69, 9.17) is 10.7 Å². The van der Waals surface area contributed by atoms with Crippen molar-refractivity contribution in [1.82, 2.24) is 0 Å². The number of rotatable bonds is 14. The Morgan fingerprint density at radius 2 is 1.97 bits per heavy atom. The van der Waals surface area contributed by atoms with Crippen LogP contribution in [0.1, 0.15) is 82.6 Å². The molecule has 0 heterocycles. The topological polar surface area (TPSA) is 58.7 Å². The monoisotopic (exact) mass is 513 g/mol. The molecular weight excluding hydrogens is 466 g/mol. The molecule has 2 aromatic carbocycles. The summed E-state index contributed by atoms with van der Waals surface area (Å²) in [5.74, 6) is 0.375. The molecule has 2 rings (SSSR count). The van der Waals surface area contributed by atoms with E-state index < -0.39 is 0 Å². The third-order valence-electron chi connectivity index (χ3n) is 7.38. The van der Waals surface area contributed by atoms with Crippen LogP contribution in [0.15, 0.2) is 53.6 Å². The van der Waals surface area contributed by atoms with Crippen molar-refractivity contribution in [2.45, 2.75) is 73.8 Å². The molecule has 0 saturated carbocycles. The van der Waals surface area contributed by atoms with Crippen LogP contribution in [0, 0.1) is 12.8 Å². The van der Waals surface area contributed by atoms with Gasteiger partial charge in [0.2, 0.25) is 0 Å². The number of Topliss-reactive ketones (excluding diaryl/α,β-unsaturated/α-hetero) is 1. The zero-order valence-corrected chi connectivity index (χ0v) is 24.6. The third-order valence-corrected chi connectivity index (χ3v) is 7.38. The lowest BCUT2D eigenvalue weighted by atomic mass is 9.91. The third kappa shape index (κ3) is 7.88. The molecule has 0 aliphatic rings. The number of hydrogen-bond acceptors (Lipinski definition) is 4. The zero-order valence-electron chi connectivity index (χ0n) is 24.6. The number of carbonyl (C=O) groups is 1. The molecule has 0 saturated heterocycles. The quantitative estimate of drug-likeness (QED) is 0.203. The number of carbonyl (C=O) groups excluding carboxylic acids is 1. The highest BCUT2D eigenvalue weighted by Gasteiger charge is 2.19. The summed E-state index contributed by atoms with van der Waals surface area (Å²) in [6.45, 7) is 17.9. The Morgan fingerprint density at radius 1 is 1.24 bits per heavy atom. The van der Waals surface area contributed by atoms with Gasteiger partial charge in [0.1, 0.15) is 5.78 Å². The Labute approximate surface area is 231 Å². The molecule has 2 aromatic rings. The number of hydrogen-bond donors (Lipinski definition) is 1. The Morgan fingerprint density at radius 3 is 2.58 bits per heavy atom. The van der Waals surface area contributed by atoms with E-state index in [1.54, 1.807) is 0 Å². The van der Waals surface area contributed by atoms with Gasteiger partial charge in [0.15, 0.2) is 0 Å². The molecule has 0 fully saturated rings. The van der Waals surface area contributed by atoms with Crippen molar-refractivity contribution < 1.29 is 4.79 Å². The molecule has 0 spiro atoms. The first-order chi connectivity index (χ1) is 18.2. The fourth-order valence-corrected chi connectivity index (χ4v) is 4.46. The summed E-state index contributed by atoms with van der Waals surface area (Å²) in [5.41, 5.74) is 16.1. The summed E-state index contributed by atoms with van der Waals surface area (Å²) in [7, 11) is 2.12. The van der Waals surface area contributed by atoms with E-state index >= 15 is 0 Å². The van der Waals surface area contributed by atoms with Gasteiger partial charge in [-0.2, -0.15) is 0 Å². The van der Waals surface area contributed by atoms with Gasteiger partial charge in [0.05, 0.1) is 5.69 Å². The molecule has 0 amide bonds. The van der Waals surface area contributed by atoms with Crippen molar-refractivity contribution in [3.8, 4) is 11.1 Å². The zero-order chi connectivity index (χ0) is 28.2. The van der Waals surface area contributed by atoms with E-state index in [1.807, 2.05) is 32.2 Å². The highest BCUT2D eigenvalue weighted by molar-refractivity contribution is 5.90. The number of anilines is 1. The minimum atomic E-state index is 0.0950. The van der Waals surface area contributed by atoms with E-state index in [9.17, 15) is 4.79 Å². The van der Waals surface area contributed by atoms with Gasteiger partial charge in [-0.1, -0.05) is 69.4 Å². The molecule has 204 valence electrons. The summed E-state index contributed by atoms with van der Waals surface area (Å²) in [6.07, 6.45) is 13.4. The molecule has 2 N–H and O–H groups in total. The Bertz CT molecular complexity index is 1200. The number of ketones is 1. The van der Waals surface area contributed by atoms with Gasteiger partial charge in [-0.05, 0) is 74.4 Å². The molecule has 1 unspecified atom stereocenters. The van der Waals surface area contributed by atoms with Crippen LogP contribution in [0.5, 0.6) is 0 Å². The van der Waals surface area contributed by atoms with Crippen LogP contribution in [0.25, 0.3) is 23.3 Å². The minimum absolute atomic E-state index is 0.0950. The molecule has 0 bridgehead atoms. The first-order valence-corrected chi connectivity index (χ1v) is 13.9. The summed E-state index contributed by atoms with van der Waals surface area (Å²) in [6, 6.07) is 8.72. The average Bonchev–Trinajstić information content (AvgIpc) is 2.92. The Kier molecular flexibility index (Phi) is 12.4. The van der Waals surface area contributed by atoms with E-state index in [-0.39, 0.29) is 11.7 Å². The molecule has 0 aliphatic heterocycles. The maximum Gasteiger partial charge on any atom is 0.139 e. The second-order valence-corrected chi connectivity index (χ2v) is 10.0. The van der Waals surface area contributed by atoms with Crippen molar-refractivity contribution in [2.75, 3.05) is 18.5 Å². The van der Waals surface area contributed by atoms with Gasteiger partial charge >= 0.3 is 0 Å². The lowest BCUT2D eigenvalue weighted by molar-refractivity contribution is -0.121. The molecule has 38 heavy (non-hydrogen) atoms. The van der Waals surface area contributed by atoms with E-state index in [0.29, 0.717) is 13.0 Å². The fourth-order valence-electron chi connectivity index (χ4n) is 4.46. The average molecular weight is 514 g/mol. The van der Waals surface area contributed by atoms with Crippen molar-refractivity contribution in [1.29, 1.82) is 0 Å². The normalized spacial score (nSPS) is 12.9. The van der Waals surface area contributed by atoms with Gasteiger partial charge in [-0.25, -0.2) is 0 Å². The van der Waals surface area contributed by atoms with Crippen LogP contribution in [0.2, 0.25) is 0 Å². The predicted molar refractivity (Wildman–Crippen MR) is 168 cm³/mol. The Hall–Kier alpha value is -3.24. The van der Waals surface area contributed by atoms with Crippen molar-refractivity contribution in [2.24, 2.45) is 16.6 Å². The Balaban J connectivity index is 2.61. The second-order valence-electron chi connectivity index (χ2n) is 10.0. The number of nitrogens with two attached hydrogens (primary N) is 1. The highest BCUT2D eigenvalue weighted by Crippen LogP contribution is 2.41. The molecule has 4 heteroatoms. The first kappa shape index (κ1) is 31.0. The molecule has 1 atom stereocenters. The van der Waals surface area contributed by atoms with Crippen LogP contribution in [0.3, 0.4) is 0 Å². The summed E-state index contributed by atoms with van der Waals surface area (Å²) < 4.78 is 0. The lowest BCUT2D eigenvalue weighted by Crippen LogP contribution is -2.21. The number of nitrogens with zero attached hydrogens (tertiary/aromatic N) is 2. The number of aryl methyl sites for hydroxylation is 1. The second kappa shape index (κ2) is 15.2. The number of aliphatic imine (C=N–C) groups is 1. The van der Waals surface area contributed by atoms with Gasteiger partial charge < -0.3 is 10.6 Å². The van der Waals surface area contributed by atoms with Crippen molar-refractivity contribution in [3.63, 3.8) is 0 Å². The standard InChI is InChI=1S/C34H47N3O/c1-9-24(5)15-14-20-37(8)32-22-30(29(11-3)34(36-12-4)31(32)23-35)28-19-18-26(7)27(21-28)16-13-17-33(38)25(6)10-2/h11-13,15-16,18-19,21-22,25H,3,9-10,14,17,20,23,35H2,1-2,4-8H3/b16-13+,24-15?,36-12?. The predicted octanol–water partition coefficient (Wildman–Crippen LogP) is 8.69. The summed E-state index contributed by atoms with van der Waals surface area (Å²) in [4.78, 5) is 19.4. The van der Waals surface area contributed by atoms with E-state index in [0.717, 1.165) is 65.0 Å². The SMILES string of the molecule is C=Cc1c(-c2ccc(C)c(/C=C/CC(=O)C(C)CC)c2)cc(N(C)CCC=C(C)CC)c(CN)c1N=CC. The smallest absolute Gasteiger partial charge is 0.139 e. The van der Waals surface area contributed by atoms with E-state index in [2.05, 4.69) is 82.6 Å². The molecule has 0 radical (unpaired) electrons. The summed E-state index contributed by atoms with van der Waals surface area (Å²) >= 11 is 0. The maximum atomic E-state index is 12.3. The molecule has 0 aromatic heterocycles. The lowest BCUT2D eigenvalue weighted by Gasteiger charge is -2.26. The van der Waals surface area contributed by atoms with Crippen molar-refractivity contribution in [3.05, 3.63) is 70.8 Å². The van der Waals surface area contributed by atoms with Crippen molar-refractivity contribution >= 4 is 35.5 Å². The minimum Gasteiger partial charge on any atom is -0.374 e. The van der Waals surface area contributed by atoms with Gasteiger partial charge in [-0.15, -0.1) is 0 Å². The molecule has 4 nitrogen and oxygen atoms in total. The molecule has 0 aliphatic carbocycles. The van der Waals surface area contributed by atoms with Crippen LogP contribution < -0.4 is 10.6 Å².